The topological polar surface area (TPSA) is 144 Å². The lowest BCUT2D eigenvalue weighted by Gasteiger charge is -2.26. The van der Waals surface area contributed by atoms with Crippen LogP contribution < -0.4 is 20.9 Å². The summed E-state index contributed by atoms with van der Waals surface area (Å²) in [6, 6.07) is 4.24. The Labute approximate surface area is 125 Å². The maximum absolute atomic E-state index is 11.5. The molecule has 0 saturated carbocycles. The van der Waals surface area contributed by atoms with Crippen molar-refractivity contribution in [3.63, 3.8) is 0 Å². The summed E-state index contributed by atoms with van der Waals surface area (Å²) in [7, 11) is -7.32. The van der Waals surface area contributed by atoms with E-state index in [1.54, 1.807) is 13.8 Å². The molecule has 0 aliphatic heterocycles. The summed E-state index contributed by atoms with van der Waals surface area (Å²) >= 11 is 0. The highest BCUT2D eigenvalue weighted by atomic mass is 32.2. The van der Waals surface area contributed by atoms with E-state index < -0.39 is 25.6 Å². The molecule has 0 aliphatic carbocycles. The summed E-state index contributed by atoms with van der Waals surface area (Å²) in [6.07, 6.45) is 1.05. The molecular formula is C11H20N4O4S2. The van der Waals surface area contributed by atoms with Crippen molar-refractivity contribution in [3.8, 4) is 0 Å². The van der Waals surface area contributed by atoms with Gasteiger partial charge in [0.2, 0.25) is 20.0 Å². The molecule has 21 heavy (non-hydrogen) atoms. The van der Waals surface area contributed by atoms with E-state index in [1.807, 2.05) is 0 Å². The first kappa shape index (κ1) is 17.7. The lowest BCUT2D eigenvalue weighted by atomic mass is 10.1. The van der Waals surface area contributed by atoms with E-state index in [1.165, 1.54) is 18.2 Å². The summed E-state index contributed by atoms with van der Waals surface area (Å²) < 4.78 is 48.0. The Morgan fingerprint density at radius 1 is 1.19 bits per heavy atom. The second-order valence-electron chi connectivity index (χ2n) is 5.41. The standard InChI is InChI=1S/C11H20N4O4S2/c1-11(2,15-20(3,16)17)7-14-9-5-4-8(12)6-10(9)21(13,18)19/h4-6,14-15H,7,12H2,1-3H3,(H2,13,18,19). The predicted octanol–water partition coefficient (Wildman–Crippen LogP) is -0.344. The molecule has 0 aromatic heterocycles. The van der Waals surface area contributed by atoms with Gasteiger partial charge in [0.15, 0.2) is 0 Å². The van der Waals surface area contributed by atoms with Crippen molar-refractivity contribution in [1.82, 2.24) is 4.72 Å². The maximum atomic E-state index is 11.5. The third-order valence-electron chi connectivity index (χ3n) is 2.49. The van der Waals surface area contributed by atoms with Gasteiger partial charge in [-0.15, -0.1) is 0 Å². The third-order valence-corrected chi connectivity index (χ3v) is 4.37. The number of benzene rings is 1. The highest BCUT2D eigenvalue weighted by Gasteiger charge is 2.23. The summed E-state index contributed by atoms with van der Waals surface area (Å²) in [5.41, 5.74) is 5.26. The molecule has 0 radical (unpaired) electrons. The molecule has 1 rings (SSSR count). The van der Waals surface area contributed by atoms with Crippen molar-refractivity contribution in [2.75, 3.05) is 23.9 Å². The quantitative estimate of drug-likeness (QED) is 0.523. The van der Waals surface area contributed by atoms with Crippen LogP contribution in [0.3, 0.4) is 0 Å². The Hall–Kier alpha value is -1.36. The molecule has 1 aromatic rings. The van der Waals surface area contributed by atoms with Crippen LogP contribution in [-0.4, -0.2) is 35.2 Å². The first-order valence-corrected chi connectivity index (χ1v) is 9.39. The SMILES string of the molecule is CC(C)(CNc1ccc(N)cc1S(N)(=O)=O)NS(C)(=O)=O. The van der Waals surface area contributed by atoms with Crippen molar-refractivity contribution < 1.29 is 16.8 Å². The van der Waals surface area contributed by atoms with Crippen LogP contribution >= 0.6 is 0 Å². The molecule has 0 fully saturated rings. The number of sulfonamides is 2. The monoisotopic (exact) mass is 336 g/mol. The molecule has 0 unspecified atom stereocenters. The molecule has 0 amide bonds. The van der Waals surface area contributed by atoms with E-state index in [2.05, 4.69) is 10.0 Å². The normalized spacial score (nSPS) is 13.1. The minimum atomic E-state index is -3.94. The second kappa shape index (κ2) is 5.79. The number of hydrogen-bond acceptors (Lipinski definition) is 6. The first-order valence-electron chi connectivity index (χ1n) is 5.95. The van der Waals surface area contributed by atoms with E-state index in [4.69, 9.17) is 10.9 Å². The van der Waals surface area contributed by atoms with Gasteiger partial charge in [-0.25, -0.2) is 26.7 Å². The average molecular weight is 336 g/mol. The number of nitrogens with one attached hydrogen (secondary N) is 2. The zero-order valence-electron chi connectivity index (χ0n) is 12.0. The Kier molecular flexibility index (Phi) is 4.88. The molecule has 0 aliphatic rings. The zero-order valence-corrected chi connectivity index (χ0v) is 13.7. The van der Waals surface area contributed by atoms with Gasteiger partial charge in [-0.3, -0.25) is 0 Å². The van der Waals surface area contributed by atoms with Crippen LogP contribution in [-0.2, 0) is 20.0 Å². The second-order valence-corrected chi connectivity index (χ2v) is 8.69. The van der Waals surface area contributed by atoms with Gasteiger partial charge in [0.05, 0.1) is 11.9 Å². The molecule has 6 N–H and O–H groups in total. The summed E-state index contributed by atoms with van der Waals surface area (Å²) in [5, 5.41) is 8.00. The molecule has 0 bridgehead atoms. The van der Waals surface area contributed by atoms with Gasteiger partial charge in [-0.05, 0) is 32.0 Å². The lowest BCUT2D eigenvalue weighted by molar-refractivity contribution is 0.476. The number of anilines is 2. The summed E-state index contributed by atoms with van der Waals surface area (Å²) in [5.74, 6) is 0. The maximum Gasteiger partial charge on any atom is 0.240 e. The molecule has 0 spiro atoms. The molecule has 10 heteroatoms. The average Bonchev–Trinajstić information content (AvgIpc) is 2.22. The van der Waals surface area contributed by atoms with Crippen molar-refractivity contribution >= 4 is 31.4 Å². The van der Waals surface area contributed by atoms with Gasteiger partial charge < -0.3 is 11.1 Å². The molecule has 1 aromatic carbocycles. The predicted molar refractivity (Wildman–Crippen MR) is 82.8 cm³/mol. The molecule has 0 atom stereocenters. The Morgan fingerprint density at radius 2 is 1.76 bits per heavy atom. The highest BCUT2D eigenvalue weighted by Crippen LogP contribution is 2.23. The van der Waals surface area contributed by atoms with Crippen LogP contribution in [0.25, 0.3) is 0 Å². The largest absolute Gasteiger partial charge is 0.399 e. The molecule has 8 nitrogen and oxygen atoms in total. The van der Waals surface area contributed by atoms with Crippen LogP contribution in [0, 0.1) is 0 Å². The Balaban J connectivity index is 3.00. The molecular weight excluding hydrogens is 316 g/mol. The number of nitrogens with two attached hydrogens (primary N) is 2. The summed E-state index contributed by atoms with van der Waals surface area (Å²) in [6.45, 7) is 3.48. The van der Waals surface area contributed by atoms with Crippen molar-refractivity contribution in [2.45, 2.75) is 24.3 Å². The number of hydrogen-bond donors (Lipinski definition) is 4. The van der Waals surface area contributed by atoms with Crippen LogP contribution in [0.1, 0.15) is 13.8 Å². The van der Waals surface area contributed by atoms with E-state index >= 15 is 0 Å². The van der Waals surface area contributed by atoms with Gasteiger partial charge >= 0.3 is 0 Å². The van der Waals surface area contributed by atoms with E-state index in [0.29, 0.717) is 0 Å². The van der Waals surface area contributed by atoms with E-state index in [0.717, 1.165) is 6.26 Å². The number of primary sulfonamides is 1. The van der Waals surface area contributed by atoms with Crippen molar-refractivity contribution in [2.24, 2.45) is 5.14 Å². The fraction of sp³-hybridized carbons (Fsp3) is 0.455. The Bertz CT molecular complexity index is 727. The fourth-order valence-electron chi connectivity index (χ4n) is 1.77. The van der Waals surface area contributed by atoms with Crippen LogP contribution in [0.4, 0.5) is 11.4 Å². The van der Waals surface area contributed by atoms with E-state index in [-0.39, 0.29) is 22.8 Å². The minimum absolute atomic E-state index is 0.141. The van der Waals surface area contributed by atoms with Gasteiger partial charge in [0.25, 0.3) is 0 Å². The van der Waals surface area contributed by atoms with Crippen LogP contribution in [0.5, 0.6) is 0 Å². The van der Waals surface area contributed by atoms with Crippen LogP contribution in [0.2, 0.25) is 0 Å². The molecule has 0 heterocycles. The van der Waals surface area contributed by atoms with Gasteiger partial charge in [0, 0.05) is 17.8 Å². The fourth-order valence-corrected chi connectivity index (χ4v) is 3.60. The smallest absolute Gasteiger partial charge is 0.240 e. The first-order chi connectivity index (χ1) is 9.30. The molecule has 0 saturated heterocycles. The zero-order chi connectivity index (χ0) is 16.5. The van der Waals surface area contributed by atoms with E-state index in [9.17, 15) is 16.8 Å². The van der Waals surface area contributed by atoms with Gasteiger partial charge in [0.1, 0.15) is 4.90 Å². The third kappa shape index (κ3) is 5.87. The number of rotatable bonds is 6. The van der Waals surface area contributed by atoms with Crippen molar-refractivity contribution in [3.05, 3.63) is 18.2 Å². The highest BCUT2D eigenvalue weighted by molar-refractivity contribution is 7.89. The Morgan fingerprint density at radius 3 is 2.24 bits per heavy atom. The van der Waals surface area contributed by atoms with Gasteiger partial charge in [-0.2, -0.15) is 0 Å². The summed E-state index contributed by atoms with van der Waals surface area (Å²) in [4.78, 5) is -0.141. The minimum Gasteiger partial charge on any atom is -0.399 e. The molecule has 120 valence electrons. The lowest BCUT2D eigenvalue weighted by Crippen LogP contribution is -2.47. The van der Waals surface area contributed by atoms with Gasteiger partial charge in [-0.1, -0.05) is 0 Å². The van der Waals surface area contributed by atoms with Crippen LogP contribution in [0.15, 0.2) is 23.1 Å². The van der Waals surface area contributed by atoms with Crippen molar-refractivity contribution in [1.29, 1.82) is 0 Å². The number of nitrogen functional groups attached to an aromatic ring is 1.